The molecular formula is C14H12N4O2. The second-order valence-corrected chi connectivity index (χ2v) is 4.48. The molecule has 3 aromatic rings. The molecule has 1 N–H and O–H groups in total. The number of pyridine rings is 1. The molecule has 2 heterocycles. The van der Waals surface area contributed by atoms with E-state index in [9.17, 15) is 10.1 Å². The molecule has 0 saturated heterocycles. The van der Waals surface area contributed by atoms with Crippen LogP contribution in [0.4, 0.5) is 17.2 Å². The van der Waals surface area contributed by atoms with Crippen LogP contribution in [0.2, 0.25) is 0 Å². The molecule has 0 fully saturated rings. The molecule has 0 spiro atoms. The monoisotopic (exact) mass is 268 g/mol. The summed E-state index contributed by atoms with van der Waals surface area (Å²) in [5, 5.41) is 14.9. The van der Waals surface area contributed by atoms with Gasteiger partial charge in [0.05, 0.1) is 4.92 Å². The summed E-state index contributed by atoms with van der Waals surface area (Å²) in [5.41, 5.74) is 1.98. The van der Waals surface area contributed by atoms with E-state index in [2.05, 4.69) is 10.3 Å². The lowest BCUT2D eigenvalue weighted by Crippen LogP contribution is -1.95. The van der Waals surface area contributed by atoms with Crippen molar-refractivity contribution >= 4 is 28.1 Å². The molecule has 0 aliphatic rings. The maximum atomic E-state index is 10.6. The Hall–Kier alpha value is -2.89. The smallest absolute Gasteiger partial charge is 0.287 e. The van der Waals surface area contributed by atoms with Crippen LogP contribution in [-0.2, 0) is 7.05 Å². The first-order valence-corrected chi connectivity index (χ1v) is 6.06. The Kier molecular flexibility index (Phi) is 2.83. The van der Waals surface area contributed by atoms with E-state index < -0.39 is 4.92 Å². The summed E-state index contributed by atoms with van der Waals surface area (Å²) in [5.74, 6) is 0.573. The summed E-state index contributed by atoms with van der Waals surface area (Å²) in [4.78, 5) is 14.1. The number of nitrogens with one attached hydrogen (secondary N) is 1. The molecule has 0 bridgehead atoms. The zero-order valence-electron chi connectivity index (χ0n) is 10.8. The van der Waals surface area contributed by atoms with Crippen molar-refractivity contribution in [1.29, 1.82) is 0 Å². The molecule has 0 amide bonds. The van der Waals surface area contributed by atoms with Crippen LogP contribution in [0.25, 0.3) is 10.9 Å². The summed E-state index contributed by atoms with van der Waals surface area (Å²) < 4.78 is 2.03. The van der Waals surface area contributed by atoms with Crippen LogP contribution in [0.1, 0.15) is 0 Å². The second-order valence-electron chi connectivity index (χ2n) is 4.48. The number of nitrogens with zero attached hydrogens (tertiary/aromatic N) is 3. The minimum absolute atomic E-state index is 0.0200. The number of anilines is 2. The number of hydrogen-bond donors (Lipinski definition) is 1. The molecule has 100 valence electrons. The SMILES string of the molecule is Cn1ccc2ccc(Nc3ccc([N+](=O)[O-])cn3)cc21. The minimum Gasteiger partial charge on any atom is -0.350 e. The number of aryl methyl sites for hydroxylation is 1. The van der Waals surface area contributed by atoms with Crippen molar-refractivity contribution in [2.45, 2.75) is 0 Å². The Morgan fingerprint density at radius 1 is 1.25 bits per heavy atom. The number of hydrogen-bond acceptors (Lipinski definition) is 4. The summed E-state index contributed by atoms with van der Waals surface area (Å²) >= 11 is 0. The third-order valence-corrected chi connectivity index (χ3v) is 3.12. The summed E-state index contributed by atoms with van der Waals surface area (Å²) in [6.45, 7) is 0. The van der Waals surface area contributed by atoms with Crippen molar-refractivity contribution in [3.05, 3.63) is 58.9 Å². The van der Waals surface area contributed by atoms with E-state index in [-0.39, 0.29) is 5.69 Å². The molecule has 20 heavy (non-hydrogen) atoms. The number of nitro groups is 1. The van der Waals surface area contributed by atoms with Gasteiger partial charge in [-0.2, -0.15) is 0 Å². The highest BCUT2D eigenvalue weighted by Crippen LogP contribution is 2.22. The lowest BCUT2D eigenvalue weighted by atomic mass is 10.2. The highest BCUT2D eigenvalue weighted by Gasteiger charge is 2.06. The first-order chi connectivity index (χ1) is 9.63. The van der Waals surface area contributed by atoms with Crippen LogP contribution in [0.3, 0.4) is 0 Å². The summed E-state index contributed by atoms with van der Waals surface area (Å²) in [7, 11) is 1.98. The van der Waals surface area contributed by atoms with Gasteiger partial charge < -0.3 is 9.88 Å². The predicted octanol–water partition coefficient (Wildman–Crippen LogP) is 3.23. The van der Waals surface area contributed by atoms with Gasteiger partial charge >= 0.3 is 0 Å². The van der Waals surface area contributed by atoms with Gasteiger partial charge in [-0.25, -0.2) is 4.98 Å². The van der Waals surface area contributed by atoms with Gasteiger partial charge in [0, 0.05) is 30.5 Å². The van der Waals surface area contributed by atoms with Gasteiger partial charge in [-0.1, -0.05) is 6.07 Å². The van der Waals surface area contributed by atoms with Crippen LogP contribution in [0.15, 0.2) is 48.8 Å². The van der Waals surface area contributed by atoms with Crippen LogP contribution in [-0.4, -0.2) is 14.5 Å². The molecular weight excluding hydrogens is 256 g/mol. The highest BCUT2D eigenvalue weighted by atomic mass is 16.6. The Morgan fingerprint density at radius 3 is 2.80 bits per heavy atom. The fourth-order valence-corrected chi connectivity index (χ4v) is 2.06. The summed E-state index contributed by atoms with van der Waals surface area (Å²) in [6.07, 6.45) is 3.24. The van der Waals surface area contributed by atoms with Crippen LogP contribution < -0.4 is 5.32 Å². The van der Waals surface area contributed by atoms with E-state index in [1.54, 1.807) is 6.07 Å². The molecule has 6 nitrogen and oxygen atoms in total. The van der Waals surface area contributed by atoms with Gasteiger partial charge in [0.25, 0.3) is 5.69 Å². The minimum atomic E-state index is -0.465. The average Bonchev–Trinajstić information content (AvgIpc) is 2.81. The maximum Gasteiger partial charge on any atom is 0.287 e. The highest BCUT2D eigenvalue weighted by molar-refractivity contribution is 5.84. The van der Waals surface area contributed by atoms with Crippen molar-refractivity contribution in [1.82, 2.24) is 9.55 Å². The zero-order chi connectivity index (χ0) is 14.1. The third-order valence-electron chi connectivity index (χ3n) is 3.12. The molecule has 0 radical (unpaired) electrons. The van der Waals surface area contributed by atoms with Crippen molar-refractivity contribution in [2.24, 2.45) is 7.05 Å². The molecule has 6 heteroatoms. The molecule has 0 atom stereocenters. The Balaban J connectivity index is 1.88. The lowest BCUT2D eigenvalue weighted by Gasteiger charge is -2.06. The number of fused-ring (bicyclic) bond motifs is 1. The first kappa shape index (κ1) is 12.2. The van der Waals surface area contributed by atoms with Crippen LogP contribution >= 0.6 is 0 Å². The van der Waals surface area contributed by atoms with E-state index in [0.717, 1.165) is 16.6 Å². The van der Waals surface area contributed by atoms with Gasteiger partial charge in [-0.15, -0.1) is 0 Å². The predicted molar refractivity (Wildman–Crippen MR) is 77.1 cm³/mol. The van der Waals surface area contributed by atoms with Crippen LogP contribution in [0, 0.1) is 10.1 Å². The quantitative estimate of drug-likeness (QED) is 0.584. The molecule has 3 rings (SSSR count). The van der Waals surface area contributed by atoms with Crippen molar-refractivity contribution in [3.63, 3.8) is 0 Å². The number of aromatic nitrogens is 2. The van der Waals surface area contributed by atoms with Gasteiger partial charge in [-0.3, -0.25) is 10.1 Å². The Labute approximate surface area is 114 Å². The van der Waals surface area contributed by atoms with Gasteiger partial charge in [0.1, 0.15) is 12.0 Å². The molecule has 2 aromatic heterocycles. The second kappa shape index (κ2) is 4.65. The Morgan fingerprint density at radius 2 is 2.10 bits per heavy atom. The molecule has 0 aliphatic heterocycles. The van der Waals surface area contributed by atoms with Gasteiger partial charge in [-0.05, 0) is 29.7 Å². The molecule has 0 aliphatic carbocycles. The normalized spacial score (nSPS) is 10.7. The van der Waals surface area contributed by atoms with E-state index in [4.69, 9.17) is 0 Å². The van der Waals surface area contributed by atoms with Gasteiger partial charge in [0.2, 0.25) is 0 Å². The van der Waals surface area contributed by atoms with Gasteiger partial charge in [0.15, 0.2) is 0 Å². The van der Waals surface area contributed by atoms with Crippen molar-refractivity contribution < 1.29 is 4.92 Å². The summed E-state index contributed by atoms with van der Waals surface area (Å²) in [6, 6.07) is 11.0. The standard InChI is InChI=1S/C14H12N4O2/c1-17-7-6-10-2-3-11(8-13(10)17)16-14-5-4-12(9-15-14)18(19)20/h2-9H,1H3,(H,15,16). The fourth-order valence-electron chi connectivity index (χ4n) is 2.06. The first-order valence-electron chi connectivity index (χ1n) is 6.06. The average molecular weight is 268 g/mol. The fraction of sp³-hybridized carbons (Fsp3) is 0.0714. The maximum absolute atomic E-state index is 10.6. The molecule has 0 saturated carbocycles. The number of benzene rings is 1. The topological polar surface area (TPSA) is 73.0 Å². The van der Waals surface area contributed by atoms with E-state index in [0.29, 0.717) is 5.82 Å². The third kappa shape index (κ3) is 2.18. The molecule has 1 aromatic carbocycles. The van der Waals surface area contributed by atoms with Crippen molar-refractivity contribution in [2.75, 3.05) is 5.32 Å². The Bertz CT molecular complexity index is 777. The van der Waals surface area contributed by atoms with Crippen molar-refractivity contribution in [3.8, 4) is 0 Å². The number of rotatable bonds is 3. The zero-order valence-corrected chi connectivity index (χ0v) is 10.8. The van der Waals surface area contributed by atoms with E-state index in [1.807, 2.05) is 42.1 Å². The van der Waals surface area contributed by atoms with Crippen LogP contribution in [0.5, 0.6) is 0 Å². The van der Waals surface area contributed by atoms with E-state index in [1.165, 1.54) is 12.3 Å². The largest absolute Gasteiger partial charge is 0.350 e. The molecule has 0 unspecified atom stereocenters. The lowest BCUT2D eigenvalue weighted by molar-refractivity contribution is -0.385. The van der Waals surface area contributed by atoms with E-state index >= 15 is 0 Å².